The van der Waals surface area contributed by atoms with Gasteiger partial charge in [-0.05, 0) is 49.4 Å². The lowest BCUT2D eigenvalue weighted by atomic mass is 9.75. The fourth-order valence-electron chi connectivity index (χ4n) is 3.49. The van der Waals surface area contributed by atoms with E-state index in [9.17, 15) is 0 Å². The standard InChI is InChI=1S/C16H24ClNO/c1-16(2)9-5-6-13(16)15(18-3)12-10-11(17)7-8-14(12)19-4/h7-8,10,13,15,18H,5-6,9H2,1-4H3. The number of rotatable bonds is 4. The monoisotopic (exact) mass is 281 g/mol. The molecule has 0 spiro atoms. The summed E-state index contributed by atoms with van der Waals surface area (Å²) >= 11 is 6.17. The predicted molar refractivity (Wildman–Crippen MR) is 80.9 cm³/mol. The lowest BCUT2D eigenvalue weighted by Crippen LogP contribution is -2.32. The smallest absolute Gasteiger partial charge is 0.123 e. The van der Waals surface area contributed by atoms with Gasteiger partial charge in [-0.2, -0.15) is 0 Å². The summed E-state index contributed by atoms with van der Waals surface area (Å²) in [5.74, 6) is 1.54. The molecule has 1 aliphatic rings. The highest BCUT2D eigenvalue weighted by Crippen LogP contribution is 2.50. The Morgan fingerprint density at radius 1 is 1.42 bits per heavy atom. The maximum absolute atomic E-state index is 6.17. The molecule has 0 radical (unpaired) electrons. The van der Waals surface area contributed by atoms with Gasteiger partial charge in [0.05, 0.1) is 7.11 Å². The van der Waals surface area contributed by atoms with E-state index in [1.54, 1.807) is 7.11 Å². The Hall–Kier alpha value is -0.730. The highest BCUT2D eigenvalue weighted by Gasteiger charge is 2.40. The van der Waals surface area contributed by atoms with Gasteiger partial charge in [0.25, 0.3) is 0 Å². The van der Waals surface area contributed by atoms with Crippen molar-refractivity contribution in [3.8, 4) is 5.75 Å². The molecule has 106 valence electrons. The molecule has 1 aromatic rings. The first-order valence-corrected chi connectivity index (χ1v) is 7.38. The van der Waals surface area contributed by atoms with Gasteiger partial charge in [-0.25, -0.2) is 0 Å². The first kappa shape index (κ1) is 14.7. The normalized spacial score (nSPS) is 23.3. The van der Waals surface area contributed by atoms with Crippen molar-refractivity contribution in [2.24, 2.45) is 11.3 Å². The Labute approximate surface area is 121 Å². The molecular formula is C16H24ClNO. The van der Waals surface area contributed by atoms with Crippen LogP contribution in [0.4, 0.5) is 0 Å². The van der Waals surface area contributed by atoms with E-state index in [-0.39, 0.29) is 0 Å². The summed E-state index contributed by atoms with van der Waals surface area (Å²) in [5.41, 5.74) is 1.54. The van der Waals surface area contributed by atoms with Crippen LogP contribution in [-0.2, 0) is 0 Å². The molecule has 0 aliphatic heterocycles. The Morgan fingerprint density at radius 2 is 2.16 bits per heavy atom. The zero-order valence-electron chi connectivity index (χ0n) is 12.3. The van der Waals surface area contributed by atoms with Crippen molar-refractivity contribution < 1.29 is 4.74 Å². The van der Waals surface area contributed by atoms with Gasteiger partial charge >= 0.3 is 0 Å². The van der Waals surface area contributed by atoms with Gasteiger partial charge in [0.15, 0.2) is 0 Å². The summed E-state index contributed by atoms with van der Waals surface area (Å²) in [6, 6.07) is 6.18. The molecule has 1 aliphatic carbocycles. The molecule has 2 nitrogen and oxygen atoms in total. The van der Waals surface area contributed by atoms with E-state index >= 15 is 0 Å². The minimum Gasteiger partial charge on any atom is -0.496 e. The van der Waals surface area contributed by atoms with Crippen LogP contribution in [0.3, 0.4) is 0 Å². The quantitative estimate of drug-likeness (QED) is 0.881. The second-order valence-corrected chi connectivity index (χ2v) is 6.58. The predicted octanol–water partition coefficient (Wildman–Crippen LogP) is 4.44. The van der Waals surface area contributed by atoms with Crippen LogP contribution >= 0.6 is 11.6 Å². The number of benzene rings is 1. The maximum atomic E-state index is 6.17. The average molecular weight is 282 g/mol. The number of hydrogen-bond donors (Lipinski definition) is 1. The molecule has 1 fully saturated rings. The summed E-state index contributed by atoms with van der Waals surface area (Å²) < 4.78 is 5.51. The van der Waals surface area contributed by atoms with E-state index < -0.39 is 0 Å². The van der Waals surface area contributed by atoms with E-state index in [2.05, 4.69) is 19.2 Å². The van der Waals surface area contributed by atoms with Crippen LogP contribution in [0.1, 0.15) is 44.7 Å². The molecule has 0 bridgehead atoms. The van der Waals surface area contributed by atoms with Crippen molar-refractivity contribution in [3.05, 3.63) is 28.8 Å². The Morgan fingerprint density at radius 3 is 2.68 bits per heavy atom. The van der Waals surface area contributed by atoms with E-state index in [1.165, 1.54) is 24.8 Å². The van der Waals surface area contributed by atoms with E-state index in [0.717, 1.165) is 10.8 Å². The van der Waals surface area contributed by atoms with E-state index in [4.69, 9.17) is 16.3 Å². The van der Waals surface area contributed by atoms with Gasteiger partial charge in [-0.15, -0.1) is 0 Å². The molecule has 0 heterocycles. The van der Waals surface area contributed by atoms with Gasteiger partial charge in [0.2, 0.25) is 0 Å². The van der Waals surface area contributed by atoms with Crippen LogP contribution in [0.5, 0.6) is 5.75 Å². The zero-order chi connectivity index (χ0) is 14.0. The highest BCUT2D eigenvalue weighted by molar-refractivity contribution is 6.30. The van der Waals surface area contributed by atoms with Crippen LogP contribution in [0.25, 0.3) is 0 Å². The van der Waals surface area contributed by atoms with E-state index in [1.807, 2.05) is 25.2 Å². The molecule has 0 aromatic heterocycles. The molecule has 2 atom stereocenters. The molecule has 0 amide bonds. The number of ether oxygens (including phenoxy) is 1. The third-order valence-electron chi connectivity index (χ3n) is 4.58. The molecule has 1 N–H and O–H groups in total. The fourth-order valence-corrected chi connectivity index (χ4v) is 3.67. The van der Waals surface area contributed by atoms with Crippen molar-refractivity contribution in [2.75, 3.05) is 14.2 Å². The summed E-state index contributed by atoms with van der Waals surface area (Å²) in [5, 5.41) is 4.25. The number of hydrogen-bond acceptors (Lipinski definition) is 2. The van der Waals surface area contributed by atoms with Crippen LogP contribution in [0.15, 0.2) is 18.2 Å². The second kappa shape index (κ2) is 5.72. The Kier molecular flexibility index (Phi) is 4.42. The van der Waals surface area contributed by atoms with Crippen LogP contribution in [-0.4, -0.2) is 14.2 Å². The number of methoxy groups -OCH3 is 1. The van der Waals surface area contributed by atoms with Gasteiger partial charge in [0.1, 0.15) is 5.75 Å². The van der Waals surface area contributed by atoms with Crippen molar-refractivity contribution >= 4 is 11.6 Å². The summed E-state index contributed by atoms with van der Waals surface area (Å²) in [4.78, 5) is 0. The molecule has 1 saturated carbocycles. The van der Waals surface area contributed by atoms with Crippen molar-refractivity contribution in [2.45, 2.75) is 39.2 Å². The zero-order valence-corrected chi connectivity index (χ0v) is 13.1. The first-order chi connectivity index (χ1) is 8.99. The van der Waals surface area contributed by atoms with Crippen molar-refractivity contribution in [1.29, 1.82) is 0 Å². The van der Waals surface area contributed by atoms with Gasteiger partial charge in [0, 0.05) is 16.6 Å². The minimum atomic E-state index is 0.297. The lowest BCUT2D eigenvalue weighted by molar-refractivity contribution is 0.201. The van der Waals surface area contributed by atoms with Crippen LogP contribution < -0.4 is 10.1 Å². The average Bonchev–Trinajstić information content (AvgIpc) is 2.71. The summed E-state index contributed by atoms with van der Waals surface area (Å²) in [6.45, 7) is 4.73. The maximum Gasteiger partial charge on any atom is 0.123 e. The molecular weight excluding hydrogens is 258 g/mol. The third-order valence-corrected chi connectivity index (χ3v) is 4.82. The molecule has 0 saturated heterocycles. The molecule has 1 aromatic carbocycles. The first-order valence-electron chi connectivity index (χ1n) is 7.00. The van der Waals surface area contributed by atoms with E-state index in [0.29, 0.717) is 17.4 Å². The SMILES string of the molecule is CNC(c1cc(Cl)ccc1OC)C1CCCC1(C)C. The summed E-state index contributed by atoms with van der Waals surface area (Å²) in [7, 11) is 3.75. The number of halogens is 1. The number of nitrogens with one attached hydrogen (secondary N) is 1. The van der Waals surface area contributed by atoms with Crippen LogP contribution in [0.2, 0.25) is 5.02 Å². The highest BCUT2D eigenvalue weighted by atomic mass is 35.5. The molecule has 2 rings (SSSR count). The minimum absolute atomic E-state index is 0.297. The van der Waals surface area contributed by atoms with Gasteiger partial charge < -0.3 is 10.1 Å². The Balaban J connectivity index is 2.39. The van der Waals surface area contributed by atoms with Gasteiger partial charge in [-0.3, -0.25) is 0 Å². The van der Waals surface area contributed by atoms with Crippen molar-refractivity contribution in [3.63, 3.8) is 0 Å². The molecule has 2 unspecified atom stereocenters. The lowest BCUT2D eigenvalue weighted by Gasteiger charge is -2.35. The molecule has 3 heteroatoms. The van der Waals surface area contributed by atoms with Crippen molar-refractivity contribution in [1.82, 2.24) is 5.32 Å². The molecule has 19 heavy (non-hydrogen) atoms. The fraction of sp³-hybridized carbons (Fsp3) is 0.625. The Bertz CT molecular complexity index is 444. The van der Waals surface area contributed by atoms with Gasteiger partial charge in [-0.1, -0.05) is 31.9 Å². The summed E-state index contributed by atoms with van der Waals surface area (Å²) in [6.07, 6.45) is 3.85. The topological polar surface area (TPSA) is 21.3 Å². The van der Waals surface area contributed by atoms with Crippen LogP contribution in [0, 0.1) is 11.3 Å². The third kappa shape index (κ3) is 2.90. The largest absolute Gasteiger partial charge is 0.496 e. The second-order valence-electron chi connectivity index (χ2n) is 6.14.